The molecule has 2 unspecified atom stereocenters. The number of nitrogens with one attached hydrogen (secondary N) is 1. The molecule has 1 N–H and O–H groups in total. The molecule has 1 fully saturated rings. The minimum absolute atomic E-state index is 0.0860. The summed E-state index contributed by atoms with van der Waals surface area (Å²) >= 11 is 0. The summed E-state index contributed by atoms with van der Waals surface area (Å²) in [6, 6.07) is 3.33. The lowest BCUT2D eigenvalue weighted by atomic mass is 10.1. The van der Waals surface area contributed by atoms with Crippen molar-refractivity contribution in [3.05, 3.63) is 35.4 Å². The fourth-order valence-corrected chi connectivity index (χ4v) is 2.91. The zero-order valence-electron chi connectivity index (χ0n) is 13.4. The van der Waals surface area contributed by atoms with Crippen molar-refractivity contribution >= 4 is 11.8 Å². The number of carbonyl (C=O) groups excluding carboxylic acids is 2. The second-order valence-electron chi connectivity index (χ2n) is 6.07. The van der Waals surface area contributed by atoms with E-state index in [1.165, 1.54) is 13.0 Å². The summed E-state index contributed by atoms with van der Waals surface area (Å²) in [4.78, 5) is 25.4. The van der Waals surface area contributed by atoms with E-state index >= 15 is 0 Å². The van der Waals surface area contributed by atoms with Crippen LogP contribution in [0.1, 0.15) is 38.7 Å². The van der Waals surface area contributed by atoms with Crippen LogP contribution in [0.4, 0.5) is 8.78 Å². The highest BCUT2D eigenvalue weighted by Gasteiger charge is 2.32. The van der Waals surface area contributed by atoms with Gasteiger partial charge in [-0.3, -0.25) is 9.59 Å². The molecule has 1 saturated heterocycles. The highest BCUT2D eigenvalue weighted by Crippen LogP contribution is 2.18. The standard InChI is InChI=1S/C17H22F2N2O2/c1-11(5-6-13-7-8-14(18)15(19)10-13)20-17(23)16-4-3-9-21(16)12(2)22/h7-8,10-11,16H,3-6,9H2,1-2H3,(H,20,23). The Hall–Kier alpha value is -1.98. The van der Waals surface area contributed by atoms with Gasteiger partial charge in [0.15, 0.2) is 11.6 Å². The van der Waals surface area contributed by atoms with Crippen LogP contribution in [-0.4, -0.2) is 35.3 Å². The van der Waals surface area contributed by atoms with Crippen LogP contribution < -0.4 is 5.32 Å². The Morgan fingerprint density at radius 3 is 2.74 bits per heavy atom. The molecular weight excluding hydrogens is 302 g/mol. The summed E-state index contributed by atoms with van der Waals surface area (Å²) in [6.07, 6.45) is 2.67. The first kappa shape index (κ1) is 17.4. The zero-order valence-corrected chi connectivity index (χ0v) is 13.4. The Morgan fingerprint density at radius 2 is 2.09 bits per heavy atom. The van der Waals surface area contributed by atoms with Gasteiger partial charge in [-0.05, 0) is 50.3 Å². The maximum absolute atomic E-state index is 13.2. The van der Waals surface area contributed by atoms with Crippen molar-refractivity contribution in [1.29, 1.82) is 0 Å². The second kappa shape index (κ2) is 7.53. The molecule has 2 atom stereocenters. The van der Waals surface area contributed by atoms with Crippen molar-refractivity contribution in [2.24, 2.45) is 0 Å². The topological polar surface area (TPSA) is 49.4 Å². The molecule has 2 amide bonds. The van der Waals surface area contributed by atoms with Crippen LogP contribution in [0.15, 0.2) is 18.2 Å². The molecule has 1 heterocycles. The maximum Gasteiger partial charge on any atom is 0.243 e. The number of aryl methyl sites for hydroxylation is 1. The van der Waals surface area contributed by atoms with Gasteiger partial charge in [-0.15, -0.1) is 0 Å². The molecular formula is C17H22F2N2O2. The van der Waals surface area contributed by atoms with Gasteiger partial charge in [0.05, 0.1) is 0 Å². The van der Waals surface area contributed by atoms with Crippen molar-refractivity contribution in [1.82, 2.24) is 10.2 Å². The van der Waals surface area contributed by atoms with E-state index in [1.54, 1.807) is 11.0 Å². The Bertz CT molecular complexity index is 592. The lowest BCUT2D eigenvalue weighted by Gasteiger charge is -2.24. The predicted octanol–water partition coefficient (Wildman–Crippen LogP) is 2.41. The van der Waals surface area contributed by atoms with Crippen LogP contribution in [0, 0.1) is 11.6 Å². The normalized spacial score (nSPS) is 18.8. The van der Waals surface area contributed by atoms with Gasteiger partial charge in [-0.25, -0.2) is 8.78 Å². The molecule has 1 aromatic carbocycles. The molecule has 0 aromatic heterocycles. The number of hydrogen-bond donors (Lipinski definition) is 1. The van der Waals surface area contributed by atoms with Crippen LogP contribution >= 0.6 is 0 Å². The molecule has 0 saturated carbocycles. The van der Waals surface area contributed by atoms with Gasteiger partial charge in [0, 0.05) is 19.5 Å². The number of carbonyl (C=O) groups is 2. The van der Waals surface area contributed by atoms with E-state index in [-0.39, 0.29) is 17.9 Å². The van der Waals surface area contributed by atoms with Crippen molar-refractivity contribution in [3.8, 4) is 0 Å². The molecule has 0 radical (unpaired) electrons. The van der Waals surface area contributed by atoms with Crippen LogP contribution in [0.5, 0.6) is 0 Å². The van der Waals surface area contributed by atoms with E-state index in [4.69, 9.17) is 0 Å². The molecule has 1 aliphatic heterocycles. The average Bonchev–Trinajstić information content (AvgIpc) is 2.98. The van der Waals surface area contributed by atoms with E-state index in [1.807, 2.05) is 6.92 Å². The van der Waals surface area contributed by atoms with E-state index in [9.17, 15) is 18.4 Å². The third-order valence-electron chi connectivity index (χ3n) is 4.20. The number of rotatable bonds is 5. The third kappa shape index (κ3) is 4.50. The molecule has 1 aromatic rings. The van der Waals surface area contributed by atoms with Crippen LogP contribution in [0.3, 0.4) is 0 Å². The van der Waals surface area contributed by atoms with E-state index in [2.05, 4.69) is 5.32 Å². The number of nitrogens with zero attached hydrogens (tertiary/aromatic N) is 1. The number of halogens is 2. The van der Waals surface area contributed by atoms with Gasteiger partial charge in [0.2, 0.25) is 11.8 Å². The zero-order chi connectivity index (χ0) is 17.0. The lowest BCUT2D eigenvalue weighted by molar-refractivity contribution is -0.137. The summed E-state index contributed by atoms with van der Waals surface area (Å²) in [6.45, 7) is 3.96. The quantitative estimate of drug-likeness (QED) is 0.904. The maximum atomic E-state index is 13.2. The summed E-state index contributed by atoms with van der Waals surface area (Å²) in [5, 5.41) is 2.90. The van der Waals surface area contributed by atoms with Crippen LogP contribution in [0.2, 0.25) is 0 Å². The fourth-order valence-electron chi connectivity index (χ4n) is 2.91. The summed E-state index contributed by atoms with van der Waals surface area (Å²) in [5.41, 5.74) is 0.691. The second-order valence-corrected chi connectivity index (χ2v) is 6.07. The molecule has 0 bridgehead atoms. The van der Waals surface area contributed by atoms with Crippen molar-refractivity contribution in [2.75, 3.05) is 6.54 Å². The molecule has 0 aliphatic carbocycles. The number of benzene rings is 1. The third-order valence-corrected chi connectivity index (χ3v) is 4.20. The smallest absolute Gasteiger partial charge is 0.243 e. The summed E-state index contributed by atoms with van der Waals surface area (Å²) in [5.74, 6) is -1.95. The van der Waals surface area contributed by atoms with Crippen LogP contribution in [-0.2, 0) is 16.0 Å². The Kier molecular flexibility index (Phi) is 5.69. The average molecular weight is 324 g/mol. The SMILES string of the molecule is CC(=O)N1CCCC1C(=O)NC(C)CCc1ccc(F)c(F)c1. The van der Waals surface area contributed by atoms with Gasteiger partial charge in [-0.1, -0.05) is 6.07 Å². The first-order valence-corrected chi connectivity index (χ1v) is 7.90. The van der Waals surface area contributed by atoms with Crippen LogP contribution in [0.25, 0.3) is 0 Å². The molecule has 126 valence electrons. The van der Waals surface area contributed by atoms with E-state index < -0.39 is 17.7 Å². The summed E-state index contributed by atoms with van der Waals surface area (Å²) < 4.78 is 26.0. The monoisotopic (exact) mass is 324 g/mol. The molecule has 2 rings (SSSR count). The van der Waals surface area contributed by atoms with Gasteiger partial charge in [-0.2, -0.15) is 0 Å². The van der Waals surface area contributed by atoms with Gasteiger partial charge >= 0.3 is 0 Å². The first-order valence-electron chi connectivity index (χ1n) is 7.90. The Labute approximate surface area is 134 Å². The highest BCUT2D eigenvalue weighted by molar-refractivity contribution is 5.87. The molecule has 0 spiro atoms. The lowest BCUT2D eigenvalue weighted by Crippen LogP contribution is -2.47. The minimum atomic E-state index is -0.861. The summed E-state index contributed by atoms with van der Waals surface area (Å²) in [7, 11) is 0. The Balaban J connectivity index is 1.84. The minimum Gasteiger partial charge on any atom is -0.352 e. The predicted molar refractivity (Wildman–Crippen MR) is 82.7 cm³/mol. The highest BCUT2D eigenvalue weighted by atomic mass is 19.2. The van der Waals surface area contributed by atoms with E-state index in [0.717, 1.165) is 12.5 Å². The van der Waals surface area contributed by atoms with Gasteiger partial charge in [0.25, 0.3) is 0 Å². The Morgan fingerprint density at radius 1 is 1.35 bits per heavy atom. The molecule has 6 heteroatoms. The molecule has 4 nitrogen and oxygen atoms in total. The first-order chi connectivity index (χ1) is 10.9. The number of likely N-dealkylation sites (tertiary alicyclic amines) is 1. The largest absolute Gasteiger partial charge is 0.352 e. The van der Waals surface area contributed by atoms with Crippen molar-refractivity contribution in [2.45, 2.75) is 51.6 Å². The molecule has 1 aliphatic rings. The van der Waals surface area contributed by atoms with Gasteiger partial charge in [0.1, 0.15) is 6.04 Å². The van der Waals surface area contributed by atoms with Gasteiger partial charge < -0.3 is 10.2 Å². The van der Waals surface area contributed by atoms with Crippen molar-refractivity contribution < 1.29 is 18.4 Å². The fraction of sp³-hybridized carbons (Fsp3) is 0.529. The van der Waals surface area contributed by atoms with E-state index in [0.29, 0.717) is 31.4 Å². The number of hydrogen-bond acceptors (Lipinski definition) is 2. The van der Waals surface area contributed by atoms with Crippen molar-refractivity contribution in [3.63, 3.8) is 0 Å². The molecule has 23 heavy (non-hydrogen) atoms. The number of amides is 2.